The zero-order valence-corrected chi connectivity index (χ0v) is 12.8. The van der Waals surface area contributed by atoms with E-state index in [1.807, 2.05) is 0 Å². The van der Waals surface area contributed by atoms with Gasteiger partial charge in [-0.15, -0.1) is 4.91 Å². The quantitative estimate of drug-likeness (QED) is 0.323. The normalized spacial score (nSPS) is 10.6. The molecule has 0 amide bonds. The molecule has 122 valence electrons. The van der Waals surface area contributed by atoms with Crippen molar-refractivity contribution in [1.29, 1.82) is 0 Å². The van der Waals surface area contributed by atoms with Crippen LogP contribution in [0.4, 0.5) is 0 Å². The first-order valence-electron chi connectivity index (χ1n) is 6.55. The van der Waals surface area contributed by atoms with Crippen molar-refractivity contribution in [2.24, 2.45) is 5.18 Å². The summed E-state index contributed by atoms with van der Waals surface area (Å²) in [6.07, 6.45) is 0. The molecule has 0 aromatic heterocycles. The van der Waals surface area contributed by atoms with E-state index in [1.165, 1.54) is 39.0 Å². The molecule has 0 atom stereocenters. The number of hydrogen-bond acceptors (Lipinski definition) is 8. The Bertz CT molecular complexity index is 664. The lowest BCUT2D eigenvalue weighted by Crippen LogP contribution is -2.37. The topological polar surface area (TPSA) is 116 Å². The molecule has 0 saturated carbocycles. The predicted molar refractivity (Wildman–Crippen MR) is 77.9 cm³/mol. The maximum absolute atomic E-state index is 11.9. The SMILES string of the molecule is CC(=O)Oc1ccccc1C(=O)OCC(=O)C(=O)C(C)(C)N=O. The van der Waals surface area contributed by atoms with Crippen molar-refractivity contribution in [2.45, 2.75) is 26.3 Å². The van der Waals surface area contributed by atoms with Crippen LogP contribution < -0.4 is 4.74 Å². The van der Waals surface area contributed by atoms with E-state index in [-0.39, 0.29) is 11.3 Å². The van der Waals surface area contributed by atoms with E-state index >= 15 is 0 Å². The minimum absolute atomic E-state index is 0.0290. The van der Waals surface area contributed by atoms with Crippen LogP contribution >= 0.6 is 0 Å². The van der Waals surface area contributed by atoms with Crippen molar-refractivity contribution >= 4 is 23.5 Å². The van der Waals surface area contributed by atoms with Gasteiger partial charge < -0.3 is 9.47 Å². The molecule has 0 aliphatic rings. The van der Waals surface area contributed by atoms with Crippen molar-refractivity contribution in [3.8, 4) is 5.75 Å². The van der Waals surface area contributed by atoms with Crippen LogP contribution in [-0.2, 0) is 19.1 Å². The highest BCUT2D eigenvalue weighted by Crippen LogP contribution is 2.19. The van der Waals surface area contributed by atoms with Crippen LogP contribution in [0.15, 0.2) is 29.4 Å². The largest absolute Gasteiger partial charge is 0.453 e. The zero-order chi connectivity index (χ0) is 17.6. The summed E-state index contributed by atoms with van der Waals surface area (Å²) >= 11 is 0. The van der Waals surface area contributed by atoms with Gasteiger partial charge in [-0.25, -0.2) is 4.79 Å². The smallest absolute Gasteiger partial charge is 0.342 e. The van der Waals surface area contributed by atoms with Crippen molar-refractivity contribution in [3.05, 3.63) is 34.7 Å². The Kier molecular flexibility index (Phi) is 5.83. The Morgan fingerprint density at radius 1 is 1.13 bits per heavy atom. The second-order valence-corrected chi connectivity index (χ2v) is 5.07. The molecular formula is C15H15NO7. The number of nitroso groups, excluding NO2 is 1. The number of Topliss-reactive ketones (excluding diaryl/α,β-unsaturated/α-hetero) is 2. The van der Waals surface area contributed by atoms with Crippen LogP contribution in [0.5, 0.6) is 5.75 Å². The van der Waals surface area contributed by atoms with E-state index in [9.17, 15) is 24.1 Å². The maximum atomic E-state index is 11.9. The first-order chi connectivity index (χ1) is 10.7. The molecule has 1 rings (SSSR count). The second-order valence-electron chi connectivity index (χ2n) is 5.07. The number of benzene rings is 1. The molecule has 0 radical (unpaired) electrons. The number of ether oxygens (including phenoxy) is 2. The van der Waals surface area contributed by atoms with Gasteiger partial charge in [0.05, 0.1) is 0 Å². The van der Waals surface area contributed by atoms with E-state index in [0.717, 1.165) is 0 Å². The molecule has 0 fully saturated rings. The molecule has 23 heavy (non-hydrogen) atoms. The Balaban J connectivity index is 2.78. The number of rotatable bonds is 7. The van der Waals surface area contributed by atoms with Gasteiger partial charge in [0.25, 0.3) is 0 Å². The fourth-order valence-corrected chi connectivity index (χ4v) is 1.54. The molecule has 1 aromatic carbocycles. The van der Waals surface area contributed by atoms with Gasteiger partial charge in [0.2, 0.25) is 11.6 Å². The molecule has 0 N–H and O–H groups in total. The summed E-state index contributed by atoms with van der Waals surface area (Å²) in [5, 5.41) is 2.56. The van der Waals surface area contributed by atoms with Gasteiger partial charge in [0.15, 0.2) is 12.1 Å². The lowest BCUT2D eigenvalue weighted by Gasteiger charge is -2.12. The Labute approximate surface area is 131 Å². The van der Waals surface area contributed by atoms with Crippen LogP contribution in [0.25, 0.3) is 0 Å². The predicted octanol–water partition coefficient (Wildman–Crippen LogP) is 1.45. The number of carbonyl (C=O) groups is 4. The molecule has 1 aromatic rings. The molecule has 0 heterocycles. The van der Waals surface area contributed by atoms with E-state index in [2.05, 4.69) is 5.18 Å². The summed E-state index contributed by atoms with van der Waals surface area (Å²) in [6.45, 7) is 2.68. The lowest BCUT2D eigenvalue weighted by molar-refractivity contribution is -0.140. The van der Waals surface area contributed by atoms with Gasteiger partial charge in [0, 0.05) is 6.92 Å². The second kappa shape index (κ2) is 7.39. The molecule has 0 bridgehead atoms. The number of esters is 2. The first kappa shape index (κ1) is 18.1. The van der Waals surface area contributed by atoms with Crippen molar-refractivity contribution in [2.75, 3.05) is 6.61 Å². The van der Waals surface area contributed by atoms with Crippen LogP contribution in [0.2, 0.25) is 0 Å². The van der Waals surface area contributed by atoms with Gasteiger partial charge in [0.1, 0.15) is 11.3 Å². The van der Waals surface area contributed by atoms with E-state index < -0.39 is 35.7 Å². The summed E-state index contributed by atoms with van der Waals surface area (Å²) in [4.78, 5) is 56.7. The zero-order valence-electron chi connectivity index (χ0n) is 12.8. The van der Waals surface area contributed by atoms with Gasteiger partial charge in [-0.2, -0.15) is 0 Å². The van der Waals surface area contributed by atoms with Crippen molar-refractivity contribution < 1.29 is 28.7 Å². The van der Waals surface area contributed by atoms with Gasteiger partial charge in [-0.05, 0) is 26.0 Å². The number of nitrogens with zero attached hydrogens (tertiary/aromatic N) is 1. The van der Waals surface area contributed by atoms with Crippen LogP contribution in [-0.4, -0.2) is 35.7 Å². The Hall–Kier alpha value is -2.90. The molecule has 0 aliphatic carbocycles. The number of ketones is 2. The van der Waals surface area contributed by atoms with Gasteiger partial charge in [-0.3, -0.25) is 14.4 Å². The fourth-order valence-electron chi connectivity index (χ4n) is 1.54. The summed E-state index contributed by atoms with van der Waals surface area (Å²) in [5.41, 5.74) is -1.80. The van der Waals surface area contributed by atoms with E-state index in [4.69, 9.17) is 9.47 Å². The highest BCUT2D eigenvalue weighted by molar-refractivity contribution is 6.41. The minimum Gasteiger partial charge on any atom is -0.453 e. The third kappa shape index (κ3) is 4.80. The molecule has 0 saturated heterocycles. The standard InChI is InChI=1S/C15H15NO7/c1-9(17)23-12-7-5-4-6-10(12)14(20)22-8-11(18)13(19)15(2,3)16-21/h4-7H,8H2,1-3H3. The Morgan fingerprint density at radius 3 is 2.30 bits per heavy atom. The van der Waals surface area contributed by atoms with Crippen molar-refractivity contribution in [3.63, 3.8) is 0 Å². The minimum atomic E-state index is -1.72. The maximum Gasteiger partial charge on any atom is 0.342 e. The summed E-state index contributed by atoms with van der Waals surface area (Å²) < 4.78 is 9.57. The number of para-hydroxylation sites is 1. The monoisotopic (exact) mass is 321 g/mol. The summed E-state index contributed by atoms with van der Waals surface area (Å²) in [7, 11) is 0. The lowest BCUT2D eigenvalue weighted by atomic mass is 9.97. The van der Waals surface area contributed by atoms with Crippen LogP contribution in [0.3, 0.4) is 0 Å². The molecule has 0 unspecified atom stereocenters. The van der Waals surface area contributed by atoms with Gasteiger partial charge >= 0.3 is 11.9 Å². The molecule has 0 aliphatic heterocycles. The average Bonchev–Trinajstić information content (AvgIpc) is 2.51. The summed E-state index contributed by atoms with van der Waals surface area (Å²) in [5.74, 6) is -3.73. The molecule has 8 nitrogen and oxygen atoms in total. The highest BCUT2D eigenvalue weighted by atomic mass is 16.5. The van der Waals surface area contributed by atoms with E-state index in [0.29, 0.717) is 0 Å². The highest BCUT2D eigenvalue weighted by Gasteiger charge is 2.34. The van der Waals surface area contributed by atoms with E-state index in [1.54, 1.807) is 6.07 Å². The van der Waals surface area contributed by atoms with Crippen LogP contribution in [0, 0.1) is 4.91 Å². The van der Waals surface area contributed by atoms with Crippen molar-refractivity contribution in [1.82, 2.24) is 0 Å². The fraction of sp³-hybridized carbons (Fsp3) is 0.333. The third-order valence-electron chi connectivity index (χ3n) is 2.73. The van der Waals surface area contributed by atoms with Crippen LogP contribution in [0.1, 0.15) is 31.1 Å². The molecule has 8 heteroatoms. The molecule has 0 spiro atoms. The first-order valence-corrected chi connectivity index (χ1v) is 6.55. The molecular weight excluding hydrogens is 306 g/mol. The number of hydrogen-bond donors (Lipinski definition) is 0. The number of carbonyl (C=O) groups excluding carboxylic acids is 4. The third-order valence-corrected chi connectivity index (χ3v) is 2.73. The van der Waals surface area contributed by atoms with Gasteiger partial charge in [-0.1, -0.05) is 17.3 Å². The average molecular weight is 321 g/mol. The summed E-state index contributed by atoms with van der Waals surface area (Å²) in [6, 6.07) is 5.77. The Morgan fingerprint density at radius 2 is 1.74 bits per heavy atom.